The molecule has 1 heterocycles. The van der Waals surface area contributed by atoms with Crippen LogP contribution in [0.1, 0.15) is 0 Å². The highest BCUT2D eigenvalue weighted by molar-refractivity contribution is 7.07. The topological polar surface area (TPSA) is 35.8 Å². The van der Waals surface area contributed by atoms with Crippen LogP contribution in [0.4, 0.5) is 10.1 Å². The summed E-state index contributed by atoms with van der Waals surface area (Å²) in [5, 5.41) is 2.05. The number of thiazole rings is 1. The molecule has 0 radical (unpaired) electrons. The molecule has 0 aliphatic heterocycles. The highest BCUT2D eigenvalue weighted by Crippen LogP contribution is 2.28. The summed E-state index contributed by atoms with van der Waals surface area (Å²) in [6.45, 7) is 0. The van der Waals surface area contributed by atoms with Crippen molar-refractivity contribution in [1.82, 2.24) is 4.57 Å². The monoisotopic (exact) mass is 406 g/mol. The third kappa shape index (κ3) is 4.07. The number of nitrogens with zero attached hydrogens (tertiary/aromatic N) is 2. The molecule has 146 valence electrons. The molecule has 0 fully saturated rings. The number of methoxy groups -OCH3 is 2. The molecule has 3 aromatic carbocycles. The van der Waals surface area contributed by atoms with Crippen LogP contribution in [-0.4, -0.2) is 18.8 Å². The molecule has 0 amide bonds. The van der Waals surface area contributed by atoms with Gasteiger partial charge in [0.2, 0.25) is 0 Å². The Hall–Kier alpha value is -3.38. The summed E-state index contributed by atoms with van der Waals surface area (Å²) in [4.78, 5) is 5.59. The van der Waals surface area contributed by atoms with E-state index in [4.69, 9.17) is 14.5 Å². The molecule has 0 aliphatic carbocycles. The third-order valence-corrected chi connectivity index (χ3v) is 5.25. The normalized spacial score (nSPS) is 11.5. The summed E-state index contributed by atoms with van der Waals surface area (Å²) < 4.78 is 26.2. The summed E-state index contributed by atoms with van der Waals surface area (Å²) in [6.07, 6.45) is 0. The van der Waals surface area contributed by atoms with Crippen molar-refractivity contribution in [3.63, 3.8) is 0 Å². The number of ether oxygens (including phenoxy) is 2. The van der Waals surface area contributed by atoms with E-state index < -0.39 is 0 Å². The predicted molar refractivity (Wildman–Crippen MR) is 114 cm³/mol. The smallest absolute Gasteiger partial charge is 0.195 e. The number of hydrogen-bond acceptors (Lipinski definition) is 4. The van der Waals surface area contributed by atoms with Crippen LogP contribution in [0.25, 0.3) is 16.9 Å². The van der Waals surface area contributed by atoms with Crippen LogP contribution < -0.4 is 14.3 Å². The zero-order chi connectivity index (χ0) is 20.2. The Morgan fingerprint density at radius 2 is 1.52 bits per heavy atom. The molecule has 0 atom stereocenters. The second kappa shape index (κ2) is 8.32. The number of hydrogen-bond donors (Lipinski definition) is 0. The second-order valence-electron chi connectivity index (χ2n) is 6.26. The van der Waals surface area contributed by atoms with Gasteiger partial charge in [-0.3, -0.25) is 4.57 Å². The van der Waals surface area contributed by atoms with E-state index in [9.17, 15) is 4.39 Å². The SMILES string of the molecule is COc1cc(N=c2scc(-c3ccccc3)n2-c2ccc(F)cc2)cc(OC)c1. The molecular weight excluding hydrogens is 387 g/mol. The fraction of sp³-hybridized carbons (Fsp3) is 0.0870. The number of halogens is 1. The van der Waals surface area contributed by atoms with Crippen molar-refractivity contribution < 1.29 is 13.9 Å². The van der Waals surface area contributed by atoms with Gasteiger partial charge in [-0.1, -0.05) is 30.3 Å². The molecule has 0 spiro atoms. The average Bonchev–Trinajstić information content (AvgIpc) is 3.18. The summed E-state index contributed by atoms with van der Waals surface area (Å²) >= 11 is 1.51. The van der Waals surface area contributed by atoms with Gasteiger partial charge in [0.15, 0.2) is 4.80 Å². The lowest BCUT2D eigenvalue weighted by Gasteiger charge is -2.10. The molecule has 29 heavy (non-hydrogen) atoms. The first-order valence-corrected chi connectivity index (χ1v) is 9.85. The lowest BCUT2D eigenvalue weighted by Crippen LogP contribution is -2.13. The molecule has 4 nitrogen and oxygen atoms in total. The van der Waals surface area contributed by atoms with Crippen LogP contribution in [0, 0.1) is 5.82 Å². The van der Waals surface area contributed by atoms with E-state index in [1.165, 1.54) is 23.5 Å². The van der Waals surface area contributed by atoms with E-state index in [1.54, 1.807) is 32.4 Å². The van der Waals surface area contributed by atoms with Crippen molar-refractivity contribution in [3.05, 3.63) is 88.8 Å². The fourth-order valence-electron chi connectivity index (χ4n) is 3.01. The Labute approximate surface area is 172 Å². The summed E-state index contributed by atoms with van der Waals surface area (Å²) in [7, 11) is 3.21. The summed E-state index contributed by atoms with van der Waals surface area (Å²) in [6, 6.07) is 21.9. The minimum absolute atomic E-state index is 0.276. The first-order chi connectivity index (χ1) is 14.2. The molecule has 0 saturated carbocycles. The number of aromatic nitrogens is 1. The van der Waals surface area contributed by atoms with Gasteiger partial charge in [-0.2, -0.15) is 0 Å². The van der Waals surface area contributed by atoms with Gasteiger partial charge >= 0.3 is 0 Å². The zero-order valence-electron chi connectivity index (χ0n) is 16.0. The van der Waals surface area contributed by atoms with Crippen molar-refractivity contribution in [3.8, 4) is 28.4 Å². The van der Waals surface area contributed by atoms with Gasteiger partial charge < -0.3 is 9.47 Å². The van der Waals surface area contributed by atoms with Crippen LogP contribution in [0.2, 0.25) is 0 Å². The van der Waals surface area contributed by atoms with Gasteiger partial charge in [0.25, 0.3) is 0 Å². The van der Waals surface area contributed by atoms with E-state index in [1.807, 2.05) is 47.0 Å². The van der Waals surface area contributed by atoms with Crippen LogP contribution in [0.5, 0.6) is 11.5 Å². The van der Waals surface area contributed by atoms with E-state index >= 15 is 0 Å². The molecule has 4 aromatic rings. The van der Waals surface area contributed by atoms with Gasteiger partial charge in [0.1, 0.15) is 17.3 Å². The Bertz CT molecular complexity index is 1160. The average molecular weight is 406 g/mol. The quantitative estimate of drug-likeness (QED) is 0.433. The van der Waals surface area contributed by atoms with Crippen molar-refractivity contribution in [2.45, 2.75) is 0 Å². The van der Waals surface area contributed by atoms with E-state index in [0.717, 1.165) is 21.7 Å². The lowest BCUT2D eigenvalue weighted by atomic mass is 10.1. The first kappa shape index (κ1) is 19.0. The maximum Gasteiger partial charge on any atom is 0.195 e. The van der Waals surface area contributed by atoms with Gasteiger partial charge in [-0.05, 0) is 29.8 Å². The molecule has 0 saturated heterocycles. The van der Waals surface area contributed by atoms with Crippen molar-refractivity contribution in [1.29, 1.82) is 0 Å². The Morgan fingerprint density at radius 1 is 0.862 bits per heavy atom. The maximum absolute atomic E-state index is 13.5. The summed E-state index contributed by atoms with van der Waals surface area (Å²) in [5.41, 5.74) is 3.58. The second-order valence-corrected chi connectivity index (χ2v) is 7.10. The van der Waals surface area contributed by atoms with Gasteiger partial charge in [0.05, 0.1) is 25.6 Å². The molecule has 0 N–H and O–H groups in total. The van der Waals surface area contributed by atoms with Gasteiger partial charge in [-0.15, -0.1) is 11.3 Å². The van der Waals surface area contributed by atoms with Crippen molar-refractivity contribution in [2.24, 2.45) is 4.99 Å². The molecule has 6 heteroatoms. The highest BCUT2D eigenvalue weighted by atomic mass is 32.1. The van der Waals surface area contributed by atoms with Gasteiger partial charge in [0, 0.05) is 29.3 Å². The number of rotatable bonds is 5. The van der Waals surface area contributed by atoms with E-state index in [0.29, 0.717) is 17.2 Å². The van der Waals surface area contributed by atoms with Crippen LogP contribution in [0.15, 0.2) is 83.2 Å². The molecule has 0 aliphatic rings. The third-order valence-electron chi connectivity index (χ3n) is 4.42. The fourth-order valence-corrected chi connectivity index (χ4v) is 3.93. The van der Waals surface area contributed by atoms with Gasteiger partial charge in [-0.25, -0.2) is 9.38 Å². The molecule has 0 bridgehead atoms. The van der Waals surface area contributed by atoms with Crippen LogP contribution >= 0.6 is 11.3 Å². The highest BCUT2D eigenvalue weighted by Gasteiger charge is 2.11. The van der Waals surface area contributed by atoms with E-state index in [2.05, 4.69) is 5.38 Å². The maximum atomic E-state index is 13.5. The van der Waals surface area contributed by atoms with E-state index in [-0.39, 0.29) is 5.82 Å². The van der Waals surface area contributed by atoms with Crippen molar-refractivity contribution in [2.75, 3.05) is 14.2 Å². The molecular formula is C23H19FN2O2S. The largest absolute Gasteiger partial charge is 0.497 e. The Balaban J connectivity index is 1.94. The minimum Gasteiger partial charge on any atom is -0.497 e. The van der Waals surface area contributed by atoms with Crippen LogP contribution in [0.3, 0.4) is 0 Å². The van der Waals surface area contributed by atoms with Crippen LogP contribution in [-0.2, 0) is 0 Å². The first-order valence-electron chi connectivity index (χ1n) is 8.97. The standard InChI is InChI=1S/C23H19FN2O2S/c1-27-20-12-18(13-21(14-20)28-2)25-23-26(19-10-8-17(24)9-11-19)22(15-29-23)16-6-4-3-5-7-16/h3-15H,1-2H3. The minimum atomic E-state index is -0.276. The molecule has 0 unspecified atom stereocenters. The number of benzene rings is 3. The Morgan fingerprint density at radius 3 is 2.14 bits per heavy atom. The summed E-state index contributed by atoms with van der Waals surface area (Å²) in [5.74, 6) is 1.05. The zero-order valence-corrected chi connectivity index (χ0v) is 16.8. The molecule has 1 aromatic heterocycles. The van der Waals surface area contributed by atoms with Crippen molar-refractivity contribution >= 4 is 17.0 Å². The predicted octanol–water partition coefficient (Wildman–Crippen LogP) is 5.59. The lowest BCUT2D eigenvalue weighted by molar-refractivity contribution is 0.394. The molecule has 4 rings (SSSR count). The Kier molecular flexibility index (Phi) is 5.44.